The summed E-state index contributed by atoms with van der Waals surface area (Å²) in [6.45, 7) is 5.31. The molecule has 2 heterocycles. The lowest BCUT2D eigenvalue weighted by Crippen LogP contribution is -2.34. The van der Waals surface area contributed by atoms with Crippen molar-refractivity contribution in [3.8, 4) is 0 Å². The van der Waals surface area contributed by atoms with Crippen LogP contribution in [0.3, 0.4) is 0 Å². The number of rotatable bonds is 4. The summed E-state index contributed by atoms with van der Waals surface area (Å²) < 4.78 is 2.24. The highest BCUT2D eigenvalue weighted by atomic mass is 15.2. The molecule has 2 aromatic rings. The molecule has 0 unspecified atom stereocenters. The van der Waals surface area contributed by atoms with Crippen LogP contribution in [0, 0.1) is 0 Å². The third-order valence-corrected chi connectivity index (χ3v) is 4.02. The second-order valence-corrected chi connectivity index (χ2v) is 5.28. The van der Waals surface area contributed by atoms with Crippen molar-refractivity contribution >= 4 is 11.4 Å². The van der Waals surface area contributed by atoms with Gasteiger partial charge in [0.15, 0.2) is 0 Å². The second kappa shape index (κ2) is 5.99. The van der Waals surface area contributed by atoms with Gasteiger partial charge in [-0.3, -0.25) is 0 Å². The van der Waals surface area contributed by atoms with E-state index in [4.69, 9.17) is 0 Å². The number of para-hydroxylation sites is 2. The molecule has 0 saturated carbocycles. The number of aromatic nitrogens is 2. The lowest BCUT2D eigenvalue weighted by molar-refractivity contribution is 0.396. The van der Waals surface area contributed by atoms with E-state index in [1.165, 1.54) is 24.2 Å². The Kier molecular flexibility index (Phi) is 3.90. The van der Waals surface area contributed by atoms with Gasteiger partial charge < -0.3 is 14.8 Å². The number of imidazole rings is 1. The molecule has 1 fully saturated rings. The first-order valence-corrected chi connectivity index (χ1v) is 7.43. The highest BCUT2D eigenvalue weighted by Crippen LogP contribution is 2.31. The quantitative estimate of drug-likeness (QED) is 0.926. The largest absolute Gasteiger partial charge is 0.384 e. The van der Waals surface area contributed by atoms with Crippen molar-refractivity contribution in [2.45, 2.75) is 25.8 Å². The van der Waals surface area contributed by atoms with E-state index in [0.29, 0.717) is 6.04 Å². The number of piperidine rings is 1. The Morgan fingerprint density at radius 2 is 2.05 bits per heavy atom. The van der Waals surface area contributed by atoms with Gasteiger partial charge in [-0.25, -0.2) is 4.98 Å². The average molecular weight is 270 g/mol. The van der Waals surface area contributed by atoms with Gasteiger partial charge in [-0.1, -0.05) is 12.1 Å². The van der Waals surface area contributed by atoms with Crippen molar-refractivity contribution in [1.29, 1.82) is 0 Å². The molecule has 20 heavy (non-hydrogen) atoms. The molecule has 0 bridgehead atoms. The van der Waals surface area contributed by atoms with Gasteiger partial charge in [0, 0.05) is 38.1 Å². The predicted octanol–water partition coefficient (Wildman–Crippen LogP) is 3.16. The molecular formula is C16H22N4. The minimum atomic E-state index is 0.597. The van der Waals surface area contributed by atoms with E-state index in [-0.39, 0.29) is 0 Å². The minimum absolute atomic E-state index is 0.597. The average Bonchev–Trinajstić information content (AvgIpc) is 3.03. The molecule has 1 saturated heterocycles. The standard InChI is InChI=1S/C16H22N4/c1-2-18-15-5-3-4-6-16(15)19-10-7-14(8-11-19)20-12-9-17-13-20/h3-6,9,12-14,18H,2,7-8,10-11H2,1H3. The van der Waals surface area contributed by atoms with Crippen molar-refractivity contribution < 1.29 is 0 Å². The SMILES string of the molecule is CCNc1ccccc1N1CCC(n2ccnc2)CC1. The van der Waals surface area contributed by atoms with Gasteiger partial charge in [-0.05, 0) is 31.9 Å². The monoisotopic (exact) mass is 270 g/mol. The number of nitrogens with zero attached hydrogens (tertiary/aromatic N) is 3. The smallest absolute Gasteiger partial charge is 0.0948 e. The number of benzene rings is 1. The molecule has 0 spiro atoms. The highest BCUT2D eigenvalue weighted by Gasteiger charge is 2.21. The van der Waals surface area contributed by atoms with Crippen LogP contribution >= 0.6 is 0 Å². The van der Waals surface area contributed by atoms with E-state index in [1.807, 2.05) is 12.5 Å². The fraction of sp³-hybridized carbons (Fsp3) is 0.438. The van der Waals surface area contributed by atoms with E-state index in [1.54, 1.807) is 0 Å². The van der Waals surface area contributed by atoms with Gasteiger partial charge >= 0.3 is 0 Å². The Hall–Kier alpha value is -1.97. The first-order valence-electron chi connectivity index (χ1n) is 7.43. The maximum Gasteiger partial charge on any atom is 0.0948 e. The zero-order valence-electron chi connectivity index (χ0n) is 12.0. The van der Waals surface area contributed by atoms with E-state index >= 15 is 0 Å². The summed E-state index contributed by atoms with van der Waals surface area (Å²) >= 11 is 0. The molecule has 1 aliphatic rings. The van der Waals surface area contributed by atoms with Gasteiger partial charge in [-0.2, -0.15) is 0 Å². The zero-order chi connectivity index (χ0) is 13.8. The topological polar surface area (TPSA) is 33.1 Å². The van der Waals surface area contributed by atoms with Gasteiger partial charge in [0.2, 0.25) is 0 Å². The van der Waals surface area contributed by atoms with Crippen LogP contribution in [0.15, 0.2) is 43.0 Å². The Labute approximate surface area is 120 Å². The number of nitrogens with one attached hydrogen (secondary N) is 1. The number of hydrogen-bond acceptors (Lipinski definition) is 3. The van der Waals surface area contributed by atoms with Crippen LogP contribution in [0.5, 0.6) is 0 Å². The van der Waals surface area contributed by atoms with Crippen molar-refractivity contribution in [3.63, 3.8) is 0 Å². The molecule has 0 atom stereocenters. The van der Waals surface area contributed by atoms with Crippen molar-refractivity contribution in [3.05, 3.63) is 43.0 Å². The maximum absolute atomic E-state index is 4.15. The third-order valence-electron chi connectivity index (χ3n) is 4.02. The first kappa shape index (κ1) is 13.0. The van der Waals surface area contributed by atoms with Crippen molar-refractivity contribution in [2.24, 2.45) is 0 Å². The van der Waals surface area contributed by atoms with Crippen LogP contribution in [0.2, 0.25) is 0 Å². The normalized spacial score (nSPS) is 16.4. The molecule has 106 valence electrons. The van der Waals surface area contributed by atoms with Gasteiger partial charge in [0.05, 0.1) is 17.7 Å². The van der Waals surface area contributed by atoms with Crippen molar-refractivity contribution in [2.75, 3.05) is 29.9 Å². The van der Waals surface area contributed by atoms with Gasteiger partial charge in [0.1, 0.15) is 0 Å². The van der Waals surface area contributed by atoms with E-state index in [2.05, 4.69) is 57.2 Å². The summed E-state index contributed by atoms with van der Waals surface area (Å²) in [6, 6.07) is 9.20. The second-order valence-electron chi connectivity index (χ2n) is 5.28. The number of hydrogen-bond donors (Lipinski definition) is 1. The maximum atomic E-state index is 4.15. The van der Waals surface area contributed by atoms with E-state index in [9.17, 15) is 0 Å². The summed E-state index contributed by atoms with van der Waals surface area (Å²) in [5.41, 5.74) is 2.58. The van der Waals surface area contributed by atoms with Crippen LogP contribution in [0.25, 0.3) is 0 Å². The Bertz CT molecular complexity index is 527. The number of anilines is 2. The van der Waals surface area contributed by atoms with Crippen molar-refractivity contribution in [1.82, 2.24) is 9.55 Å². The van der Waals surface area contributed by atoms with Crippen LogP contribution in [0.1, 0.15) is 25.8 Å². The summed E-state index contributed by atoms with van der Waals surface area (Å²) in [7, 11) is 0. The molecule has 1 aliphatic heterocycles. The molecule has 0 aliphatic carbocycles. The molecule has 0 radical (unpaired) electrons. The molecule has 4 nitrogen and oxygen atoms in total. The van der Waals surface area contributed by atoms with E-state index in [0.717, 1.165) is 19.6 Å². The molecule has 4 heteroatoms. The zero-order valence-corrected chi connectivity index (χ0v) is 12.0. The Morgan fingerprint density at radius 3 is 2.75 bits per heavy atom. The molecule has 1 aromatic heterocycles. The Balaban J connectivity index is 1.69. The lowest BCUT2D eigenvalue weighted by atomic mass is 10.0. The fourth-order valence-electron chi connectivity index (χ4n) is 2.98. The lowest BCUT2D eigenvalue weighted by Gasteiger charge is -2.35. The fourth-order valence-corrected chi connectivity index (χ4v) is 2.98. The molecule has 1 aromatic carbocycles. The van der Waals surface area contributed by atoms with Gasteiger partial charge in [0.25, 0.3) is 0 Å². The first-order chi connectivity index (χ1) is 9.88. The molecule has 3 rings (SSSR count). The van der Waals surface area contributed by atoms with Crippen LogP contribution in [-0.4, -0.2) is 29.2 Å². The molecule has 0 amide bonds. The molecule has 1 N–H and O–H groups in total. The van der Waals surface area contributed by atoms with E-state index < -0.39 is 0 Å². The van der Waals surface area contributed by atoms with Crippen LogP contribution in [0.4, 0.5) is 11.4 Å². The predicted molar refractivity (Wildman–Crippen MR) is 83.3 cm³/mol. The summed E-state index contributed by atoms with van der Waals surface area (Å²) in [5.74, 6) is 0. The summed E-state index contributed by atoms with van der Waals surface area (Å²) in [4.78, 5) is 6.64. The highest BCUT2D eigenvalue weighted by molar-refractivity contribution is 5.70. The third kappa shape index (κ3) is 2.64. The Morgan fingerprint density at radius 1 is 1.25 bits per heavy atom. The summed E-state index contributed by atoms with van der Waals surface area (Å²) in [5, 5.41) is 3.46. The van der Waals surface area contributed by atoms with Crippen LogP contribution < -0.4 is 10.2 Å². The minimum Gasteiger partial charge on any atom is -0.384 e. The van der Waals surface area contributed by atoms with Crippen LogP contribution in [-0.2, 0) is 0 Å². The summed E-state index contributed by atoms with van der Waals surface area (Å²) in [6.07, 6.45) is 8.24. The van der Waals surface area contributed by atoms with Gasteiger partial charge in [-0.15, -0.1) is 0 Å². The molecular weight excluding hydrogens is 248 g/mol.